The largest absolute Gasteiger partial charge is 0.326 e. The number of anilines is 1. The highest BCUT2D eigenvalue weighted by atomic mass is 32.2. The summed E-state index contributed by atoms with van der Waals surface area (Å²) in [5, 5.41) is 0. The number of benzene rings is 1. The summed E-state index contributed by atoms with van der Waals surface area (Å²) >= 11 is 0. The molecule has 18 heavy (non-hydrogen) atoms. The molecule has 6 heteroatoms. The van der Waals surface area contributed by atoms with Gasteiger partial charge in [-0.1, -0.05) is 32.0 Å². The van der Waals surface area contributed by atoms with Crippen LogP contribution in [0, 0.1) is 5.92 Å². The summed E-state index contributed by atoms with van der Waals surface area (Å²) in [6, 6.07) is 7.21. The van der Waals surface area contributed by atoms with Gasteiger partial charge in [-0.05, 0) is 17.5 Å². The summed E-state index contributed by atoms with van der Waals surface area (Å²) in [4.78, 5) is 0. The van der Waals surface area contributed by atoms with Crippen LogP contribution < -0.4 is 14.8 Å². The summed E-state index contributed by atoms with van der Waals surface area (Å²) < 4.78 is 28.0. The Balaban J connectivity index is 2.95. The lowest BCUT2D eigenvalue weighted by Crippen LogP contribution is -2.40. The van der Waals surface area contributed by atoms with Crippen LogP contribution in [0.4, 0.5) is 5.69 Å². The van der Waals surface area contributed by atoms with Crippen LogP contribution >= 0.6 is 0 Å². The summed E-state index contributed by atoms with van der Waals surface area (Å²) in [5.41, 5.74) is 7.02. The molecule has 1 rings (SSSR count). The molecule has 5 nitrogen and oxygen atoms in total. The molecule has 0 aliphatic carbocycles. The van der Waals surface area contributed by atoms with Gasteiger partial charge in [0.2, 0.25) is 0 Å². The van der Waals surface area contributed by atoms with Crippen molar-refractivity contribution in [2.24, 2.45) is 11.7 Å². The van der Waals surface area contributed by atoms with Gasteiger partial charge in [0.1, 0.15) is 0 Å². The highest BCUT2D eigenvalue weighted by molar-refractivity contribution is 7.90. The molecule has 0 fully saturated rings. The van der Waals surface area contributed by atoms with Crippen LogP contribution in [0.5, 0.6) is 0 Å². The van der Waals surface area contributed by atoms with Gasteiger partial charge in [0, 0.05) is 20.1 Å². The Morgan fingerprint density at radius 1 is 1.33 bits per heavy atom. The van der Waals surface area contributed by atoms with E-state index in [1.807, 2.05) is 26.0 Å². The summed E-state index contributed by atoms with van der Waals surface area (Å²) in [6.45, 7) is 4.63. The maximum absolute atomic E-state index is 12.1. The first kappa shape index (κ1) is 14.9. The SMILES string of the molecule is CC(C)CNS(=O)(=O)N(C)c1ccccc1CN. The fraction of sp³-hybridized carbons (Fsp3) is 0.500. The minimum atomic E-state index is -3.51. The Labute approximate surface area is 109 Å². The van der Waals surface area contributed by atoms with Gasteiger partial charge >= 0.3 is 10.2 Å². The van der Waals surface area contributed by atoms with Crippen molar-refractivity contribution in [1.82, 2.24) is 4.72 Å². The quantitative estimate of drug-likeness (QED) is 0.812. The number of para-hydroxylation sites is 1. The average Bonchev–Trinajstić information content (AvgIpc) is 2.35. The van der Waals surface area contributed by atoms with Crippen molar-refractivity contribution in [3.05, 3.63) is 29.8 Å². The van der Waals surface area contributed by atoms with E-state index in [9.17, 15) is 8.42 Å². The van der Waals surface area contributed by atoms with Crippen LogP contribution in [0.1, 0.15) is 19.4 Å². The molecule has 3 N–H and O–H groups in total. The minimum absolute atomic E-state index is 0.262. The standard InChI is InChI=1S/C12H21N3O2S/c1-10(2)9-14-18(16,17)15(3)12-7-5-4-6-11(12)8-13/h4-7,10,14H,8-9,13H2,1-3H3. The molecule has 0 bridgehead atoms. The van der Waals surface area contributed by atoms with Crippen LogP contribution in [0.15, 0.2) is 24.3 Å². The molecule has 0 heterocycles. The molecule has 0 aromatic heterocycles. The number of nitrogens with one attached hydrogen (secondary N) is 1. The van der Waals surface area contributed by atoms with Crippen LogP contribution in [-0.4, -0.2) is 22.0 Å². The van der Waals surface area contributed by atoms with Crippen LogP contribution in [0.3, 0.4) is 0 Å². The molecule has 102 valence electrons. The lowest BCUT2D eigenvalue weighted by Gasteiger charge is -2.22. The molecule has 0 aliphatic heterocycles. The van der Waals surface area contributed by atoms with Gasteiger partial charge < -0.3 is 5.73 Å². The molecular weight excluding hydrogens is 250 g/mol. The van der Waals surface area contributed by atoms with E-state index in [0.717, 1.165) is 5.56 Å². The lowest BCUT2D eigenvalue weighted by molar-refractivity contribution is 0.558. The second kappa shape index (κ2) is 6.17. The second-order valence-electron chi connectivity index (χ2n) is 4.55. The molecule has 0 radical (unpaired) electrons. The first-order valence-corrected chi connectivity index (χ1v) is 7.34. The number of hydrogen-bond donors (Lipinski definition) is 2. The average molecular weight is 271 g/mol. The Morgan fingerprint density at radius 2 is 1.94 bits per heavy atom. The zero-order valence-electron chi connectivity index (χ0n) is 11.1. The first-order valence-electron chi connectivity index (χ1n) is 5.90. The van der Waals surface area contributed by atoms with E-state index < -0.39 is 10.2 Å². The van der Waals surface area contributed by atoms with E-state index in [1.165, 1.54) is 11.4 Å². The summed E-state index contributed by atoms with van der Waals surface area (Å²) in [5.74, 6) is 0.262. The molecule has 0 amide bonds. The topological polar surface area (TPSA) is 75.4 Å². The molecule has 0 atom stereocenters. The van der Waals surface area contributed by atoms with E-state index in [-0.39, 0.29) is 5.92 Å². The monoisotopic (exact) mass is 271 g/mol. The second-order valence-corrected chi connectivity index (χ2v) is 6.33. The zero-order valence-corrected chi connectivity index (χ0v) is 11.9. The van der Waals surface area contributed by atoms with Gasteiger partial charge in [-0.25, -0.2) is 0 Å². The van der Waals surface area contributed by atoms with Crippen molar-refractivity contribution in [3.8, 4) is 0 Å². The van der Waals surface area contributed by atoms with Gasteiger partial charge in [0.15, 0.2) is 0 Å². The highest BCUT2D eigenvalue weighted by Crippen LogP contribution is 2.20. The van der Waals surface area contributed by atoms with E-state index in [0.29, 0.717) is 18.8 Å². The minimum Gasteiger partial charge on any atom is -0.326 e. The van der Waals surface area contributed by atoms with Gasteiger partial charge in [0.05, 0.1) is 5.69 Å². The van der Waals surface area contributed by atoms with Crippen molar-refractivity contribution in [2.45, 2.75) is 20.4 Å². The van der Waals surface area contributed by atoms with Crippen molar-refractivity contribution in [3.63, 3.8) is 0 Å². The lowest BCUT2D eigenvalue weighted by atomic mass is 10.2. The predicted molar refractivity (Wildman–Crippen MR) is 74.5 cm³/mol. The van der Waals surface area contributed by atoms with Crippen molar-refractivity contribution >= 4 is 15.9 Å². The molecule has 0 saturated carbocycles. The number of nitrogens with two attached hydrogens (primary N) is 1. The Bertz CT molecular complexity index is 486. The fourth-order valence-corrected chi connectivity index (χ4v) is 2.66. The maximum atomic E-state index is 12.1. The Kier molecular flexibility index (Phi) is 5.13. The third-order valence-corrected chi connectivity index (χ3v) is 4.03. The smallest absolute Gasteiger partial charge is 0.301 e. The van der Waals surface area contributed by atoms with Crippen LogP contribution in [0.25, 0.3) is 0 Å². The molecular formula is C12H21N3O2S. The summed E-state index contributed by atoms with van der Waals surface area (Å²) in [7, 11) is -1.99. The van der Waals surface area contributed by atoms with E-state index in [2.05, 4.69) is 4.72 Å². The normalized spacial score (nSPS) is 11.8. The summed E-state index contributed by atoms with van der Waals surface area (Å²) in [6.07, 6.45) is 0. The fourth-order valence-electron chi connectivity index (χ4n) is 1.49. The van der Waals surface area contributed by atoms with Gasteiger partial charge in [0.25, 0.3) is 0 Å². The maximum Gasteiger partial charge on any atom is 0.301 e. The number of hydrogen-bond acceptors (Lipinski definition) is 3. The van der Waals surface area contributed by atoms with Gasteiger partial charge in [-0.15, -0.1) is 0 Å². The molecule has 1 aromatic carbocycles. The van der Waals surface area contributed by atoms with Gasteiger partial charge in [-0.2, -0.15) is 13.1 Å². The zero-order chi connectivity index (χ0) is 13.8. The predicted octanol–water partition coefficient (Wildman–Crippen LogP) is 1.07. The molecule has 0 spiro atoms. The van der Waals surface area contributed by atoms with E-state index >= 15 is 0 Å². The molecule has 0 saturated heterocycles. The highest BCUT2D eigenvalue weighted by Gasteiger charge is 2.19. The van der Waals surface area contributed by atoms with E-state index in [4.69, 9.17) is 5.73 Å². The number of rotatable bonds is 6. The molecule has 0 aliphatic rings. The third kappa shape index (κ3) is 3.69. The number of nitrogens with zero attached hydrogens (tertiary/aromatic N) is 1. The molecule has 0 unspecified atom stereocenters. The van der Waals surface area contributed by atoms with Crippen molar-refractivity contribution < 1.29 is 8.42 Å². The van der Waals surface area contributed by atoms with Gasteiger partial charge in [-0.3, -0.25) is 4.31 Å². The third-order valence-electron chi connectivity index (χ3n) is 2.59. The van der Waals surface area contributed by atoms with Crippen LogP contribution in [-0.2, 0) is 16.8 Å². The van der Waals surface area contributed by atoms with E-state index in [1.54, 1.807) is 12.1 Å². The first-order chi connectivity index (χ1) is 8.38. The van der Waals surface area contributed by atoms with Crippen LogP contribution in [0.2, 0.25) is 0 Å². The Morgan fingerprint density at radius 3 is 2.50 bits per heavy atom. The molecule has 1 aromatic rings. The van der Waals surface area contributed by atoms with Crippen molar-refractivity contribution in [2.75, 3.05) is 17.9 Å². The Hall–Kier alpha value is -1.11. The van der Waals surface area contributed by atoms with Crippen molar-refractivity contribution in [1.29, 1.82) is 0 Å².